The van der Waals surface area contributed by atoms with Gasteiger partial charge in [-0.2, -0.15) is 0 Å². The number of hydrogen-bond donors (Lipinski definition) is 1. The minimum atomic E-state index is -0.857. The van der Waals surface area contributed by atoms with E-state index in [1.807, 2.05) is 49.3 Å². The highest BCUT2D eigenvalue weighted by atomic mass is 32.1. The highest BCUT2D eigenvalue weighted by Gasteiger charge is 2.24. The van der Waals surface area contributed by atoms with E-state index in [0.717, 1.165) is 24.9 Å². The van der Waals surface area contributed by atoms with Crippen LogP contribution < -0.4 is 10.2 Å². The molecule has 1 aromatic carbocycles. The number of esters is 1. The molecule has 27 heavy (non-hydrogen) atoms. The number of thiophene rings is 1. The molecule has 0 saturated carbocycles. The standard InChI is InChI=1S/C21H26N2O3S/c1-13-5-10-18-15(11-13)12-19(27-18)21(25)26-14(2)20(24)22-16-6-8-17(9-7-16)23(3)4/h6-9,12-14H,5,10-11H2,1-4H3,(H,22,24)/t13-,14+/m0/s1. The van der Waals surface area contributed by atoms with Crippen molar-refractivity contribution < 1.29 is 14.3 Å². The highest BCUT2D eigenvalue weighted by Crippen LogP contribution is 2.32. The second-order valence-electron chi connectivity index (χ2n) is 7.39. The Bertz CT molecular complexity index is 826. The summed E-state index contributed by atoms with van der Waals surface area (Å²) < 4.78 is 5.39. The Morgan fingerprint density at radius 3 is 2.63 bits per heavy atom. The molecule has 2 atom stereocenters. The molecule has 3 rings (SSSR count). The molecule has 0 radical (unpaired) electrons. The van der Waals surface area contributed by atoms with E-state index in [-0.39, 0.29) is 5.91 Å². The van der Waals surface area contributed by atoms with Gasteiger partial charge in [0.2, 0.25) is 0 Å². The van der Waals surface area contributed by atoms with Gasteiger partial charge in [-0.15, -0.1) is 11.3 Å². The Balaban J connectivity index is 1.58. The number of fused-ring (bicyclic) bond motifs is 1. The molecule has 0 aliphatic heterocycles. The predicted octanol–water partition coefficient (Wildman–Crippen LogP) is 4.12. The van der Waals surface area contributed by atoms with E-state index in [2.05, 4.69) is 12.2 Å². The van der Waals surface area contributed by atoms with Gasteiger partial charge in [0.15, 0.2) is 6.10 Å². The third-order valence-corrected chi connectivity index (χ3v) is 6.05. The minimum absolute atomic E-state index is 0.337. The van der Waals surface area contributed by atoms with Crippen molar-refractivity contribution in [1.82, 2.24) is 0 Å². The van der Waals surface area contributed by atoms with Crippen molar-refractivity contribution in [3.8, 4) is 0 Å². The maximum Gasteiger partial charge on any atom is 0.349 e. The number of amides is 1. The topological polar surface area (TPSA) is 58.6 Å². The van der Waals surface area contributed by atoms with E-state index < -0.39 is 12.1 Å². The lowest BCUT2D eigenvalue weighted by atomic mass is 9.90. The first-order valence-electron chi connectivity index (χ1n) is 9.24. The summed E-state index contributed by atoms with van der Waals surface area (Å²) in [5, 5.41) is 2.79. The largest absolute Gasteiger partial charge is 0.448 e. The average Bonchev–Trinajstić information content (AvgIpc) is 3.05. The van der Waals surface area contributed by atoms with Crippen molar-refractivity contribution in [2.45, 2.75) is 39.2 Å². The number of hydrogen-bond acceptors (Lipinski definition) is 5. The van der Waals surface area contributed by atoms with E-state index in [1.165, 1.54) is 21.8 Å². The zero-order valence-electron chi connectivity index (χ0n) is 16.2. The molecule has 1 aromatic heterocycles. The van der Waals surface area contributed by atoms with Crippen molar-refractivity contribution in [3.05, 3.63) is 45.6 Å². The summed E-state index contributed by atoms with van der Waals surface area (Å²) in [5.74, 6) is -0.108. The van der Waals surface area contributed by atoms with Gasteiger partial charge >= 0.3 is 5.97 Å². The molecule has 1 amide bonds. The average molecular weight is 387 g/mol. The highest BCUT2D eigenvalue weighted by molar-refractivity contribution is 7.14. The number of anilines is 2. The van der Waals surface area contributed by atoms with Crippen LogP contribution in [-0.2, 0) is 22.4 Å². The maximum absolute atomic E-state index is 12.4. The quantitative estimate of drug-likeness (QED) is 0.785. The van der Waals surface area contributed by atoms with Crippen LogP contribution in [0.3, 0.4) is 0 Å². The summed E-state index contributed by atoms with van der Waals surface area (Å²) >= 11 is 1.50. The van der Waals surface area contributed by atoms with Crippen molar-refractivity contribution >= 4 is 34.6 Å². The second-order valence-corrected chi connectivity index (χ2v) is 8.52. The molecule has 6 heteroatoms. The Hall–Kier alpha value is -2.34. The fraction of sp³-hybridized carbons (Fsp3) is 0.429. The molecule has 0 fully saturated rings. The molecule has 144 valence electrons. The summed E-state index contributed by atoms with van der Waals surface area (Å²) in [6, 6.07) is 9.43. The second kappa shape index (κ2) is 8.13. The molecule has 5 nitrogen and oxygen atoms in total. The lowest BCUT2D eigenvalue weighted by Crippen LogP contribution is -2.29. The Labute approximate surface area is 164 Å². The van der Waals surface area contributed by atoms with E-state index in [4.69, 9.17) is 4.74 Å². The van der Waals surface area contributed by atoms with Crippen LogP contribution in [0.4, 0.5) is 11.4 Å². The number of rotatable bonds is 5. The van der Waals surface area contributed by atoms with Crippen LogP contribution in [0.15, 0.2) is 30.3 Å². The number of ether oxygens (including phenoxy) is 1. The van der Waals surface area contributed by atoms with Crippen LogP contribution in [-0.4, -0.2) is 32.1 Å². The zero-order valence-corrected chi connectivity index (χ0v) is 17.1. The van der Waals surface area contributed by atoms with Gasteiger partial charge in [0.05, 0.1) is 0 Å². The van der Waals surface area contributed by atoms with Crippen molar-refractivity contribution in [1.29, 1.82) is 0 Å². The lowest BCUT2D eigenvalue weighted by molar-refractivity contribution is -0.123. The van der Waals surface area contributed by atoms with Gasteiger partial charge < -0.3 is 15.0 Å². The summed E-state index contributed by atoms with van der Waals surface area (Å²) in [6.07, 6.45) is 2.34. The molecular weight excluding hydrogens is 360 g/mol. The first kappa shape index (κ1) is 19.4. The summed E-state index contributed by atoms with van der Waals surface area (Å²) in [5.41, 5.74) is 2.97. The van der Waals surface area contributed by atoms with Gasteiger partial charge in [-0.05, 0) is 68.0 Å². The SMILES string of the molecule is C[C@H]1CCc2sc(C(=O)O[C@H](C)C(=O)Nc3ccc(N(C)C)cc3)cc2C1. The van der Waals surface area contributed by atoms with Gasteiger partial charge in [-0.1, -0.05) is 6.92 Å². The fourth-order valence-corrected chi connectivity index (χ4v) is 4.26. The van der Waals surface area contributed by atoms with Crippen molar-refractivity contribution in [2.75, 3.05) is 24.3 Å². The first-order valence-corrected chi connectivity index (χ1v) is 10.1. The van der Waals surface area contributed by atoms with Gasteiger partial charge in [-0.25, -0.2) is 4.79 Å². The van der Waals surface area contributed by atoms with Crippen LogP contribution in [0.1, 0.15) is 40.4 Å². The first-order chi connectivity index (χ1) is 12.8. The summed E-state index contributed by atoms with van der Waals surface area (Å²) in [6.45, 7) is 3.83. The van der Waals surface area contributed by atoms with E-state index >= 15 is 0 Å². The Kier molecular flexibility index (Phi) is 5.85. The van der Waals surface area contributed by atoms with Crippen LogP contribution in [0.5, 0.6) is 0 Å². The van der Waals surface area contributed by atoms with Crippen LogP contribution in [0.25, 0.3) is 0 Å². The molecule has 2 aromatic rings. The molecule has 0 spiro atoms. The third kappa shape index (κ3) is 4.69. The number of carbonyl (C=O) groups excluding carboxylic acids is 2. The normalized spacial score (nSPS) is 17.0. The number of nitrogens with one attached hydrogen (secondary N) is 1. The molecule has 0 saturated heterocycles. The number of benzene rings is 1. The molecule has 1 aliphatic carbocycles. The van der Waals surface area contributed by atoms with Gasteiger partial charge in [0.1, 0.15) is 4.88 Å². The zero-order chi connectivity index (χ0) is 19.6. The summed E-state index contributed by atoms with van der Waals surface area (Å²) in [4.78, 5) is 28.6. The molecular formula is C21H26N2O3S. The molecule has 0 unspecified atom stereocenters. The Morgan fingerprint density at radius 1 is 1.26 bits per heavy atom. The minimum Gasteiger partial charge on any atom is -0.448 e. The van der Waals surface area contributed by atoms with Crippen LogP contribution in [0, 0.1) is 5.92 Å². The van der Waals surface area contributed by atoms with E-state index in [0.29, 0.717) is 16.5 Å². The molecule has 0 bridgehead atoms. The lowest BCUT2D eigenvalue weighted by Gasteiger charge is -2.16. The van der Waals surface area contributed by atoms with E-state index in [1.54, 1.807) is 6.92 Å². The molecule has 1 aliphatic rings. The van der Waals surface area contributed by atoms with Crippen molar-refractivity contribution in [3.63, 3.8) is 0 Å². The maximum atomic E-state index is 12.4. The molecule has 1 heterocycles. The van der Waals surface area contributed by atoms with Gasteiger partial charge in [0.25, 0.3) is 5.91 Å². The predicted molar refractivity (Wildman–Crippen MR) is 110 cm³/mol. The smallest absolute Gasteiger partial charge is 0.349 e. The number of carbonyl (C=O) groups is 2. The number of aryl methyl sites for hydroxylation is 1. The monoisotopic (exact) mass is 386 g/mol. The van der Waals surface area contributed by atoms with Crippen LogP contribution >= 0.6 is 11.3 Å². The third-order valence-electron chi connectivity index (χ3n) is 4.83. The fourth-order valence-electron chi connectivity index (χ4n) is 3.17. The van der Waals surface area contributed by atoms with Crippen molar-refractivity contribution in [2.24, 2.45) is 5.92 Å². The summed E-state index contributed by atoms with van der Waals surface area (Å²) in [7, 11) is 3.91. The van der Waals surface area contributed by atoms with Gasteiger partial charge in [-0.3, -0.25) is 4.79 Å². The Morgan fingerprint density at radius 2 is 1.96 bits per heavy atom. The van der Waals surface area contributed by atoms with E-state index in [9.17, 15) is 9.59 Å². The van der Waals surface area contributed by atoms with Gasteiger partial charge in [0, 0.05) is 30.3 Å². The number of nitrogens with zero attached hydrogens (tertiary/aromatic N) is 1. The molecule has 1 N–H and O–H groups in total. The van der Waals surface area contributed by atoms with Crippen LogP contribution in [0.2, 0.25) is 0 Å².